The molecule has 1 saturated heterocycles. The molecule has 0 radical (unpaired) electrons. The number of hydrogen-bond donors (Lipinski definition) is 0. The summed E-state index contributed by atoms with van der Waals surface area (Å²) >= 11 is 0. The predicted octanol–water partition coefficient (Wildman–Crippen LogP) is 4.50. The fraction of sp³-hybridized carbons (Fsp3) is 0.429. The molecule has 0 amide bonds. The minimum atomic E-state index is 0.257. The molecule has 1 aromatic carbocycles. The lowest BCUT2D eigenvalue weighted by molar-refractivity contribution is 0.121. The Hall–Kier alpha value is -1.64. The van der Waals surface area contributed by atoms with Crippen LogP contribution in [0.25, 0.3) is 0 Å². The standard InChI is InChI=1S/C21H27NO/c1-3-8-18(4-2)15-22(16-19-9-6-5-7-10-19)20-11-13-21(14-12-20)17-23-21/h3-10,20H,1-2,11-17H2/b18-8+. The van der Waals surface area contributed by atoms with Gasteiger partial charge in [0.25, 0.3) is 0 Å². The number of epoxide rings is 1. The first kappa shape index (κ1) is 16.2. The van der Waals surface area contributed by atoms with Gasteiger partial charge in [-0.2, -0.15) is 0 Å². The number of allylic oxidation sites excluding steroid dienone is 2. The molecule has 2 aliphatic rings. The minimum absolute atomic E-state index is 0.257. The highest BCUT2D eigenvalue weighted by atomic mass is 16.6. The third-order valence-electron chi connectivity index (χ3n) is 5.14. The number of rotatable bonds is 7. The van der Waals surface area contributed by atoms with Crippen LogP contribution < -0.4 is 0 Å². The van der Waals surface area contributed by atoms with Gasteiger partial charge in [0.1, 0.15) is 0 Å². The summed E-state index contributed by atoms with van der Waals surface area (Å²) in [7, 11) is 0. The van der Waals surface area contributed by atoms with Crippen LogP contribution in [0.1, 0.15) is 31.2 Å². The normalized spacial score (nSPS) is 27.2. The van der Waals surface area contributed by atoms with Crippen molar-refractivity contribution in [2.75, 3.05) is 13.2 Å². The van der Waals surface area contributed by atoms with E-state index in [1.165, 1.54) is 36.8 Å². The van der Waals surface area contributed by atoms with E-state index in [-0.39, 0.29) is 5.60 Å². The van der Waals surface area contributed by atoms with Gasteiger partial charge in [-0.3, -0.25) is 4.90 Å². The average Bonchev–Trinajstić information content (AvgIpc) is 3.34. The maximum atomic E-state index is 5.66. The Balaban J connectivity index is 1.70. The highest BCUT2D eigenvalue weighted by Gasteiger charge is 2.47. The molecule has 1 aromatic rings. The van der Waals surface area contributed by atoms with Crippen LogP contribution in [0.2, 0.25) is 0 Å². The van der Waals surface area contributed by atoms with Crippen molar-refractivity contribution in [2.24, 2.45) is 0 Å². The van der Waals surface area contributed by atoms with Crippen LogP contribution in [0.4, 0.5) is 0 Å². The fourth-order valence-corrected chi connectivity index (χ4v) is 3.59. The Morgan fingerprint density at radius 3 is 2.48 bits per heavy atom. The second-order valence-electron chi connectivity index (χ2n) is 6.77. The van der Waals surface area contributed by atoms with Gasteiger partial charge in [0.05, 0.1) is 12.2 Å². The summed E-state index contributed by atoms with van der Waals surface area (Å²) in [5, 5.41) is 0. The summed E-state index contributed by atoms with van der Waals surface area (Å²) in [4.78, 5) is 2.60. The van der Waals surface area contributed by atoms with Crippen LogP contribution in [0.15, 0.2) is 67.3 Å². The lowest BCUT2D eigenvalue weighted by Crippen LogP contribution is -2.40. The third kappa shape index (κ3) is 4.21. The highest BCUT2D eigenvalue weighted by molar-refractivity contribution is 5.23. The molecule has 23 heavy (non-hydrogen) atoms. The zero-order valence-corrected chi connectivity index (χ0v) is 13.9. The van der Waals surface area contributed by atoms with E-state index in [0.29, 0.717) is 6.04 Å². The quantitative estimate of drug-likeness (QED) is 0.544. The van der Waals surface area contributed by atoms with Crippen molar-refractivity contribution in [3.8, 4) is 0 Å². The molecule has 1 saturated carbocycles. The molecule has 0 bridgehead atoms. The highest BCUT2D eigenvalue weighted by Crippen LogP contribution is 2.43. The van der Waals surface area contributed by atoms with Crippen molar-refractivity contribution in [1.82, 2.24) is 4.90 Å². The molecule has 2 heteroatoms. The van der Waals surface area contributed by atoms with E-state index < -0.39 is 0 Å². The lowest BCUT2D eigenvalue weighted by Gasteiger charge is -2.36. The summed E-state index contributed by atoms with van der Waals surface area (Å²) in [6.45, 7) is 10.7. The van der Waals surface area contributed by atoms with Crippen molar-refractivity contribution >= 4 is 0 Å². The Kier molecular flexibility index (Phi) is 5.14. The molecule has 3 rings (SSSR count). The van der Waals surface area contributed by atoms with Crippen molar-refractivity contribution in [3.63, 3.8) is 0 Å². The Morgan fingerprint density at radius 2 is 1.91 bits per heavy atom. The third-order valence-corrected chi connectivity index (χ3v) is 5.14. The van der Waals surface area contributed by atoms with Crippen molar-refractivity contribution < 1.29 is 4.74 Å². The first-order chi connectivity index (χ1) is 11.2. The van der Waals surface area contributed by atoms with E-state index >= 15 is 0 Å². The van der Waals surface area contributed by atoms with Gasteiger partial charge in [0.15, 0.2) is 0 Å². The predicted molar refractivity (Wildman–Crippen MR) is 96.3 cm³/mol. The molecule has 2 fully saturated rings. The first-order valence-corrected chi connectivity index (χ1v) is 8.61. The molecule has 0 N–H and O–H groups in total. The van der Waals surface area contributed by atoms with Crippen molar-refractivity contribution in [3.05, 3.63) is 72.9 Å². The van der Waals surface area contributed by atoms with Gasteiger partial charge in [0, 0.05) is 19.1 Å². The molecular formula is C21H27NO. The van der Waals surface area contributed by atoms with E-state index in [1.54, 1.807) is 0 Å². The number of hydrogen-bond acceptors (Lipinski definition) is 2. The molecule has 0 unspecified atom stereocenters. The molecule has 2 nitrogen and oxygen atoms in total. The molecule has 1 spiro atoms. The second kappa shape index (κ2) is 7.29. The molecule has 1 heterocycles. The summed E-state index contributed by atoms with van der Waals surface area (Å²) in [5.41, 5.74) is 2.86. The monoisotopic (exact) mass is 309 g/mol. The van der Waals surface area contributed by atoms with Crippen LogP contribution in [0.5, 0.6) is 0 Å². The smallest absolute Gasteiger partial charge is 0.0917 e. The zero-order chi connectivity index (χ0) is 16.1. The topological polar surface area (TPSA) is 15.8 Å². The van der Waals surface area contributed by atoms with E-state index in [4.69, 9.17) is 4.74 Å². The maximum Gasteiger partial charge on any atom is 0.0917 e. The van der Waals surface area contributed by atoms with Crippen LogP contribution in [-0.4, -0.2) is 29.7 Å². The van der Waals surface area contributed by atoms with Gasteiger partial charge in [-0.05, 0) is 36.8 Å². The van der Waals surface area contributed by atoms with Gasteiger partial charge >= 0.3 is 0 Å². The van der Waals surface area contributed by atoms with Crippen molar-refractivity contribution in [1.29, 1.82) is 0 Å². The van der Waals surface area contributed by atoms with E-state index in [1.807, 2.05) is 12.2 Å². The molecular weight excluding hydrogens is 282 g/mol. The van der Waals surface area contributed by atoms with Crippen LogP contribution in [0, 0.1) is 0 Å². The molecule has 0 atom stereocenters. The Bertz CT molecular complexity index is 561. The SMILES string of the molecule is C=C/C=C(\C=C)CN(Cc1ccccc1)C1CCC2(CC1)CO2. The van der Waals surface area contributed by atoms with Gasteiger partial charge in [-0.1, -0.05) is 61.7 Å². The minimum Gasteiger partial charge on any atom is -0.370 e. The first-order valence-electron chi connectivity index (χ1n) is 8.61. The van der Waals surface area contributed by atoms with Crippen LogP contribution in [0.3, 0.4) is 0 Å². The van der Waals surface area contributed by atoms with Crippen LogP contribution >= 0.6 is 0 Å². The fourth-order valence-electron chi connectivity index (χ4n) is 3.59. The summed E-state index contributed by atoms with van der Waals surface area (Å²) in [6.07, 6.45) is 10.7. The van der Waals surface area contributed by atoms with Gasteiger partial charge in [-0.25, -0.2) is 0 Å². The summed E-state index contributed by atoms with van der Waals surface area (Å²) in [5.74, 6) is 0. The summed E-state index contributed by atoms with van der Waals surface area (Å²) in [6, 6.07) is 11.4. The van der Waals surface area contributed by atoms with E-state index in [9.17, 15) is 0 Å². The number of benzene rings is 1. The number of nitrogens with zero attached hydrogens (tertiary/aromatic N) is 1. The molecule has 0 aromatic heterocycles. The Morgan fingerprint density at radius 1 is 1.22 bits per heavy atom. The van der Waals surface area contributed by atoms with Gasteiger partial charge in [0.2, 0.25) is 0 Å². The largest absolute Gasteiger partial charge is 0.370 e. The average molecular weight is 309 g/mol. The maximum absolute atomic E-state index is 5.66. The molecule has 1 aliphatic carbocycles. The van der Waals surface area contributed by atoms with E-state index in [0.717, 1.165) is 19.7 Å². The molecule has 122 valence electrons. The number of ether oxygens (including phenoxy) is 1. The van der Waals surface area contributed by atoms with Gasteiger partial charge < -0.3 is 4.74 Å². The van der Waals surface area contributed by atoms with Crippen LogP contribution in [-0.2, 0) is 11.3 Å². The second-order valence-corrected chi connectivity index (χ2v) is 6.77. The van der Waals surface area contributed by atoms with Gasteiger partial charge in [-0.15, -0.1) is 0 Å². The Labute approximate surface area is 140 Å². The zero-order valence-electron chi connectivity index (χ0n) is 13.9. The summed E-state index contributed by atoms with van der Waals surface area (Å²) < 4.78 is 5.66. The molecule has 1 aliphatic heterocycles. The lowest BCUT2D eigenvalue weighted by atomic mass is 9.85. The van der Waals surface area contributed by atoms with Crippen molar-refractivity contribution in [2.45, 2.75) is 43.9 Å². The van der Waals surface area contributed by atoms with E-state index in [2.05, 4.69) is 54.5 Å².